The Labute approximate surface area is 126 Å². The summed E-state index contributed by atoms with van der Waals surface area (Å²) in [5.41, 5.74) is 5.82. The Bertz CT molecular complexity index is 650. The van der Waals surface area contributed by atoms with Crippen molar-refractivity contribution in [3.05, 3.63) is 47.0 Å². The second-order valence-corrected chi connectivity index (χ2v) is 4.75. The Hall–Kier alpha value is -2.01. The molecule has 0 atom stereocenters. The van der Waals surface area contributed by atoms with Crippen molar-refractivity contribution in [2.45, 2.75) is 13.3 Å². The maximum absolute atomic E-state index is 13.7. The summed E-state index contributed by atoms with van der Waals surface area (Å²) in [4.78, 5) is 0. The Balaban J connectivity index is 2.28. The van der Waals surface area contributed by atoms with Crippen LogP contribution in [0.4, 0.5) is 14.5 Å². The highest BCUT2D eigenvalue weighted by molar-refractivity contribution is 6.30. The number of nitrogen functional groups attached to an aromatic ring is 1. The van der Waals surface area contributed by atoms with Crippen molar-refractivity contribution in [3.63, 3.8) is 0 Å². The van der Waals surface area contributed by atoms with Gasteiger partial charge in [-0.25, -0.2) is 8.78 Å². The van der Waals surface area contributed by atoms with Crippen molar-refractivity contribution in [2.24, 2.45) is 0 Å². The van der Waals surface area contributed by atoms with Gasteiger partial charge in [-0.05, 0) is 18.6 Å². The molecule has 6 heteroatoms. The Morgan fingerprint density at radius 1 is 1.10 bits per heavy atom. The second-order valence-electron chi connectivity index (χ2n) is 4.35. The molecule has 112 valence electrons. The second kappa shape index (κ2) is 6.63. The van der Waals surface area contributed by atoms with Gasteiger partial charge in [-0.3, -0.25) is 0 Å². The van der Waals surface area contributed by atoms with Gasteiger partial charge in [0.2, 0.25) is 0 Å². The number of nitrogens with two attached hydrogens (primary N) is 1. The summed E-state index contributed by atoms with van der Waals surface area (Å²) in [5.74, 6) is -0.561. The highest BCUT2D eigenvalue weighted by Gasteiger charge is 2.12. The fourth-order valence-corrected chi connectivity index (χ4v) is 1.80. The van der Waals surface area contributed by atoms with Gasteiger partial charge in [-0.2, -0.15) is 0 Å². The quantitative estimate of drug-likeness (QED) is 0.808. The molecular weight excluding hydrogens is 300 g/mol. The van der Waals surface area contributed by atoms with E-state index in [1.165, 1.54) is 24.3 Å². The van der Waals surface area contributed by atoms with Crippen molar-refractivity contribution in [3.8, 4) is 17.2 Å². The van der Waals surface area contributed by atoms with Gasteiger partial charge in [0, 0.05) is 18.2 Å². The molecule has 21 heavy (non-hydrogen) atoms. The molecule has 0 aromatic heterocycles. The summed E-state index contributed by atoms with van der Waals surface area (Å²) >= 11 is 5.67. The zero-order valence-corrected chi connectivity index (χ0v) is 12.1. The molecule has 2 rings (SSSR count). The lowest BCUT2D eigenvalue weighted by Gasteiger charge is -2.12. The third-order valence-electron chi connectivity index (χ3n) is 2.64. The van der Waals surface area contributed by atoms with Crippen molar-refractivity contribution < 1.29 is 18.3 Å². The van der Waals surface area contributed by atoms with E-state index in [1.54, 1.807) is 0 Å². The van der Waals surface area contributed by atoms with Crippen LogP contribution in [0.5, 0.6) is 17.2 Å². The number of benzene rings is 2. The molecule has 0 aliphatic heterocycles. The van der Waals surface area contributed by atoms with Crippen LogP contribution in [-0.4, -0.2) is 6.61 Å². The molecule has 0 unspecified atom stereocenters. The summed E-state index contributed by atoms with van der Waals surface area (Å²) in [7, 11) is 0. The zero-order valence-electron chi connectivity index (χ0n) is 11.3. The maximum atomic E-state index is 13.7. The van der Waals surface area contributed by atoms with Crippen LogP contribution in [0.1, 0.15) is 13.3 Å². The fraction of sp³-hybridized carbons (Fsp3) is 0.200. The van der Waals surface area contributed by atoms with Crippen molar-refractivity contribution in [1.29, 1.82) is 0 Å². The standard InChI is InChI=1S/C15H14ClF2NO2/c1-2-5-20-14-8-15(13(19)7-12(14)18)21-9-3-4-11(17)10(16)6-9/h3-4,6-8H,2,5,19H2,1H3. The van der Waals surface area contributed by atoms with Crippen molar-refractivity contribution >= 4 is 17.3 Å². The van der Waals surface area contributed by atoms with Gasteiger partial charge in [0.15, 0.2) is 17.3 Å². The van der Waals surface area contributed by atoms with Crippen LogP contribution in [-0.2, 0) is 0 Å². The lowest BCUT2D eigenvalue weighted by Crippen LogP contribution is -2.00. The Morgan fingerprint density at radius 2 is 1.86 bits per heavy atom. The molecule has 0 bridgehead atoms. The van der Waals surface area contributed by atoms with Crippen LogP contribution in [0.25, 0.3) is 0 Å². The number of halogens is 3. The van der Waals surface area contributed by atoms with E-state index in [0.29, 0.717) is 12.4 Å². The molecule has 0 spiro atoms. The van der Waals surface area contributed by atoms with Gasteiger partial charge in [0.05, 0.1) is 17.3 Å². The van der Waals surface area contributed by atoms with E-state index in [4.69, 9.17) is 26.8 Å². The molecule has 0 radical (unpaired) electrons. The summed E-state index contributed by atoms with van der Waals surface area (Å²) in [6.07, 6.45) is 0.744. The van der Waals surface area contributed by atoms with E-state index in [0.717, 1.165) is 12.5 Å². The summed E-state index contributed by atoms with van der Waals surface area (Å²) in [6.45, 7) is 2.29. The normalized spacial score (nSPS) is 10.5. The molecule has 0 amide bonds. The summed E-state index contributed by atoms with van der Waals surface area (Å²) < 4.78 is 37.5. The molecule has 2 aromatic carbocycles. The van der Waals surface area contributed by atoms with Gasteiger partial charge in [0.25, 0.3) is 0 Å². The number of rotatable bonds is 5. The Kier molecular flexibility index (Phi) is 4.85. The first-order chi connectivity index (χ1) is 10.0. The van der Waals surface area contributed by atoms with Crippen LogP contribution in [0.15, 0.2) is 30.3 Å². The van der Waals surface area contributed by atoms with Crippen molar-refractivity contribution in [1.82, 2.24) is 0 Å². The predicted molar refractivity (Wildman–Crippen MR) is 78.1 cm³/mol. The summed E-state index contributed by atoms with van der Waals surface area (Å²) in [6, 6.07) is 6.36. The molecular formula is C15H14ClF2NO2. The first-order valence-electron chi connectivity index (χ1n) is 6.36. The smallest absolute Gasteiger partial charge is 0.167 e. The number of anilines is 1. The lowest BCUT2D eigenvalue weighted by molar-refractivity contribution is 0.299. The zero-order chi connectivity index (χ0) is 15.4. The lowest BCUT2D eigenvalue weighted by atomic mass is 10.2. The van der Waals surface area contributed by atoms with Gasteiger partial charge in [0.1, 0.15) is 11.6 Å². The van der Waals surface area contributed by atoms with E-state index in [9.17, 15) is 8.78 Å². The molecule has 0 aliphatic rings. The van der Waals surface area contributed by atoms with Crippen LogP contribution in [0.2, 0.25) is 5.02 Å². The van der Waals surface area contributed by atoms with E-state index in [1.807, 2.05) is 6.92 Å². The number of hydrogen-bond acceptors (Lipinski definition) is 3. The maximum Gasteiger partial charge on any atom is 0.167 e. The molecule has 2 aromatic rings. The molecule has 0 saturated heterocycles. The van der Waals surface area contributed by atoms with E-state index in [2.05, 4.69) is 0 Å². The fourth-order valence-electron chi connectivity index (χ4n) is 1.63. The minimum atomic E-state index is -0.564. The first-order valence-corrected chi connectivity index (χ1v) is 6.73. The van der Waals surface area contributed by atoms with Crippen LogP contribution in [0, 0.1) is 11.6 Å². The molecule has 2 N–H and O–H groups in total. The highest BCUT2D eigenvalue weighted by Crippen LogP contribution is 2.34. The molecule has 3 nitrogen and oxygen atoms in total. The Morgan fingerprint density at radius 3 is 2.52 bits per heavy atom. The first kappa shape index (κ1) is 15.4. The van der Waals surface area contributed by atoms with E-state index in [-0.39, 0.29) is 22.2 Å². The third-order valence-corrected chi connectivity index (χ3v) is 2.93. The van der Waals surface area contributed by atoms with E-state index < -0.39 is 11.6 Å². The van der Waals surface area contributed by atoms with Gasteiger partial charge < -0.3 is 15.2 Å². The van der Waals surface area contributed by atoms with E-state index >= 15 is 0 Å². The number of ether oxygens (including phenoxy) is 2. The molecule has 0 heterocycles. The molecule has 0 fully saturated rings. The molecule has 0 aliphatic carbocycles. The summed E-state index contributed by atoms with van der Waals surface area (Å²) in [5, 5.41) is -0.0735. The van der Waals surface area contributed by atoms with Crippen LogP contribution < -0.4 is 15.2 Å². The molecule has 0 saturated carbocycles. The van der Waals surface area contributed by atoms with Gasteiger partial charge >= 0.3 is 0 Å². The largest absolute Gasteiger partial charge is 0.490 e. The van der Waals surface area contributed by atoms with Gasteiger partial charge in [-0.15, -0.1) is 0 Å². The number of hydrogen-bond donors (Lipinski definition) is 1. The highest BCUT2D eigenvalue weighted by atomic mass is 35.5. The minimum absolute atomic E-state index is 0.0502. The van der Waals surface area contributed by atoms with Crippen LogP contribution >= 0.6 is 11.6 Å². The SMILES string of the molecule is CCCOc1cc(Oc2ccc(F)c(Cl)c2)c(N)cc1F. The average molecular weight is 314 g/mol. The predicted octanol–water partition coefficient (Wildman–Crippen LogP) is 4.78. The topological polar surface area (TPSA) is 44.5 Å². The van der Waals surface area contributed by atoms with Gasteiger partial charge in [-0.1, -0.05) is 18.5 Å². The monoisotopic (exact) mass is 313 g/mol. The minimum Gasteiger partial charge on any atom is -0.490 e. The van der Waals surface area contributed by atoms with Crippen LogP contribution in [0.3, 0.4) is 0 Å². The average Bonchev–Trinajstić information content (AvgIpc) is 2.44. The third kappa shape index (κ3) is 3.76. The van der Waals surface area contributed by atoms with Crippen molar-refractivity contribution in [2.75, 3.05) is 12.3 Å².